The molecule has 0 N–H and O–H groups in total. The second kappa shape index (κ2) is 4.14. The van der Waals surface area contributed by atoms with E-state index in [0.29, 0.717) is 0 Å². The smallest absolute Gasteiger partial charge is 0.416 e. The molecule has 15 heavy (non-hydrogen) atoms. The Labute approximate surface area is 83.2 Å². The average molecular weight is 217 g/mol. The molecule has 3 nitrogen and oxygen atoms in total. The maximum atomic E-state index is 12.3. The second-order valence-electron chi connectivity index (χ2n) is 2.59. The fourth-order valence-electron chi connectivity index (χ4n) is 0.995. The van der Waals surface area contributed by atoms with Crippen LogP contribution in [0.15, 0.2) is 23.2 Å². The first-order valence-electron chi connectivity index (χ1n) is 3.82. The Morgan fingerprint density at radius 3 is 2.53 bits per heavy atom. The number of isocyanates is 1. The number of ether oxygens (including phenoxy) is 1. The molecule has 0 aromatic heterocycles. The normalized spacial score (nSPS) is 10.7. The highest BCUT2D eigenvalue weighted by molar-refractivity contribution is 5.58. The van der Waals surface area contributed by atoms with Crippen LogP contribution in [0.25, 0.3) is 0 Å². The molecule has 0 fully saturated rings. The van der Waals surface area contributed by atoms with Crippen molar-refractivity contribution < 1.29 is 22.7 Å². The molecule has 1 aromatic rings. The Morgan fingerprint density at radius 1 is 1.40 bits per heavy atom. The van der Waals surface area contributed by atoms with Crippen LogP contribution >= 0.6 is 0 Å². The molecule has 1 rings (SSSR count). The standard InChI is InChI=1S/C9H6F3NO2/c1-15-8-4-6(9(10,11)12)2-3-7(8)13-5-14/h2-4H,1H3. The van der Waals surface area contributed by atoms with Gasteiger partial charge in [-0.1, -0.05) is 0 Å². The Morgan fingerprint density at radius 2 is 2.07 bits per heavy atom. The number of hydrogen-bond donors (Lipinski definition) is 0. The highest BCUT2D eigenvalue weighted by Gasteiger charge is 2.31. The van der Waals surface area contributed by atoms with E-state index in [1.165, 1.54) is 13.2 Å². The molecule has 0 saturated heterocycles. The Bertz CT molecular complexity index is 408. The number of halogens is 3. The van der Waals surface area contributed by atoms with E-state index >= 15 is 0 Å². The number of carbonyl (C=O) groups excluding carboxylic acids is 1. The molecule has 0 radical (unpaired) electrons. The predicted octanol–water partition coefficient (Wildman–Crippen LogP) is 2.68. The third kappa shape index (κ3) is 2.57. The van der Waals surface area contributed by atoms with Gasteiger partial charge in [0.1, 0.15) is 11.4 Å². The monoisotopic (exact) mass is 217 g/mol. The van der Waals surface area contributed by atoms with Gasteiger partial charge in [0.05, 0.1) is 12.7 Å². The van der Waals surface area contributed by atoms with Crippen LogP contribution < -0.4 is 4.74 Å². The van der Waals surface area contributed by atoms with E-state index < -0.39 is 11.7 Å². The van der Waals surface area contributed by atoms with Crippen LogP contribution in [0, 0.1) is 0 Å². The maximum absolute atomic E-state index is 12.3. The van der Waals surface area contributed by atoms with Gasteiger partial charge in [-0.05, 0) is 18.2 Å². The highest BCUT2D eigenvalue weighted by Crippen LogP contribution is 2.35. The molecule has 0 aliphatic heterocycles. The summed E-state index contributed by atoms with van der Waals surface area (Å²) in [5.74, 6) is -0.117. The molecular formula is C9H6F3NO2. The zero-order valence-corrected chi connectivity index (χ0v) is 7.63. The van der Waals surface area contributed by atoms with Crippen molar-refractivity contribution in [3.63, 3.8) is 0 Å². The molecule has 0 unspecified atom stereocenters. The Hall–Kier alpha value is -1.81. The summed E-state index contributed by atoms with van der Waals surface area (Å²) in [4.78, 5) is 13.2. The topological polar surface area (TPSA) is 38.7 Å². The Balaban J connectivity index is 3.25. The van der Waals surface area contributed by atoms with Gasteiger partial charge in [0.25, 0.3) is 0 Å². The summed E-state index contributed by atoms with van der Waals surface area (Å²) >= 11 is 0. The summed E-state index contributed by atoms with van der Waals surface area (Å²) in [6.45, 7) is 0. The van der Waals surface area contributed by atoms with Crippen LogP contribution in [-0.4, -0.2) is 13.2 Å². The number of benzene rings is 1. The van der Waals surface area contributed by atoms with Gasteiger partial charge < -0.3 is 4.74 Å². The molecule has 0 atom stereocenters. The third-order valence-electron chi connectivity index (χ3n) is 1.67. The molecule has 0 spiro atoms. The van der Waals surface area contributed by atoms with Crippen LogP contribution in [-0.2, 0) is 11.0 Å². The molecule has 0 aliphatic carbocycles. The average Bonchev–Trinajstić information content (AvgIpc) is 2.17. The Kier molecular flexibility index (Phi) is 3.11. The van der Waals surface area contributed by atoms with Crippen molar-refractivity contribution in [3.05, 3.63) is 23.8 Å². The minimum atomic E-state index is -4.45. The zero-order chi connectivity index (χ0) is 11.5. The van der Waals surface area contributed by atoms with Crippen molar-refractivity contribution >= 4 is 11.8 Å². The van der Waals surface area contributed by atoms with E-state index in [2.05, 4.69) is 9.73 Å². The number of methoxy groups -OCH3 is 1. The third-order valence-corrected chi connectivity index (χ3v) is 1.67. The lowest BCUT2D eigenvalue weighted by Gasteiger charge is -2.09. The van der Waals surface area contributed by atoms with Crippen molar-refractivity contribution in [2.45, 2.75) is 6.18 Å². The van der Waals surface area contributed by atoms with Gasteiger partial charge in [-0.15, -0.1) is 0 Å². The summed E-state index contributed by atoms with van der Waals surface area (Å²) in [6, 6.07) is 2.64. The molecule has 80 valence electrons. The summed E-state index contributed by atoms with van der Waals surface area (Å²) in [5.41, 5.74) is -0.843. The van der Waals surface area contributed by atoms with Crippen LogP contribution in [0.2, 0.25) is 0 Å². The summed E-state index contributed by atoms with van der Waals surface area (Å²) in [5, 5.41) is 0. The van der Waals surface area contributed by atoms with Crippen molar-refractivity contribution in [1.29, 1.82) is 0 Å². The van der Waals surface area contributed by atoms with E-state index in [0.717, 1.165) is 18.2 Å². The largest absolute Gasteiger partial charge is 0.494 e. The fourth-order valence-corrected chi connectivity index (χ4v) is 0.995. The van der Waals surface area contributed by atoms with Gasteiger partial charge in [0, 0.05) is 0 Å². The van der Waals surface area contributed by atoms with E-state index in [4.69, 9.17) is 0 Å². The zero-order valence-electron chi connectivity index (χ0n) is 7.63. The van der Waals surface area contributed by atoms with Crippen molar-refractivity contribution in [2.24, 2.45) is 4.99 Å². The van der Waals surface area contributed by atoms with Gasteiger partial charge in [0.2, 0.25) is 6.08 Å². The number of alkyl halides is 3. The molecular weight excluding hydrogens is 211 g/mol. The summed E-state index contributed by atoms with van der Waals surface area (Å²) in [7, 11) is 1.19. The van der Waals surface area contributed by atoms with Crippen LogP contribution in [0.4, 0.5) is 18.9 Å². The molecule has 0 bridgehead atoms. The van der Waals surface area contributed by atoms with E-state index in [9.17, 15) is 18.0 Å². The summed E-state index contributed by atoms with van der Waals surface area (Å²) in [6.07, 6.45) is -3.22. The lowest BCUT2D eigenvalue weighted by atomic mass is 10.2. The van der Waals surface area contributed by atoms with Gasteiger partial charge >= 0.3 is 6.18 Å². The minimum absolute atomic E-state index is 0.0144. The SMILES string of the molecule is COc1cc(C(F)(F)F)ccc1N=C=O. The molecule has 0 aliphatic rings. The lowest BCUT2D eigenvalue weighted by Crippen LogP contribution is -2.04. The number of nitrogens with zero attached hydrogens (tertiary/aromatic N) is 1. The van der Waals surface area contributed by atoms with Gasteiger partial charge in [-0.2, -0.15) is 18.2 Å². The van der Waals surface area contributed by atoms with Gasteiger partial charge in [-0.25, -0.2) is 4.79 Å². The van der Waals surface area contributed by atoms with Crippen LogP contribution in [0.5, 0.6) is 5.75 Å². The van der Waals surface area contributed by atoms with E-state index in [1.807, 2.05) is 0 Å². The molecule has 0 saturated carbocycles. The maximum Gasteiger partial charge on any atom is 0.416 e. The minimum Gasteiger partial charge on any atom is -0.494 e. The van der Waals surface area contributed by atoms with Crippen molar-refractivity contribution in [3.8, 4) is 5.75 Å². The number of hydrogen-bond acceptors (Lipinski definition) is 3. The van der Waals surface area contributed by atoms with Gasteiger partial charge in [-0.3, -0.25) is 0 Å². The summed E-state index contributed by atoms with van der Waals surface area (Å²) < 4.78 is 41.4. The number of aliphatic imine (C=N–C) groups is 1. The number of rotatable bonds is 2. The van der Waals surface area contributed by atoms with Gasteiger partial charge in [0.15, 0.2) is 0 Å². The highest BCUT2D eigenvalue weighted by atomic mass is 19.4. The first kappa shape index (κ1) is 11.3. The van der Waals surface area contributed by atoms with Crippen molar-refractivity contribution in [1.82, 2.24) is 0 Å². The first-order valence-corrected chi connectivity index (χ1v) is 3.82. The predicted molar refractivity (Wildman–Crippen MR) is 45.8 cm³/mol. The van der Waals surface area contributed by atoms with Crippen LogP contribution in [0.3, 0.4) is 0 Å². The quantitative estimate of drug-likeness (QED) is 0.564. The molecule has 6 heteroatoms. The van der Waals surface area contributed by atoms with E-state index in [1.54, 1.807) is 0 Å². The molecule has 0 heterocycles. The van der Waals surface area contributed by atoms with Crippen LogP contribution in [0.1, 0.15) is 5.56 Å². The van der Waals surface area contributed by atoms with Crippen molar-refractivity contribution in [2.75, 3.05) is 7.11 Å². The van der Waals surface area contributed by atoms with E-state index in [-0.39, 0.29) is 11.4 Å². The fraction of sp³-hybridized carbons (Fsp3) is 0.222. The molecule has 0 amide bonds. The second-order valence-corrected chi connectivity index (χ2v) is 2.59. The lowest BCUT2D eigenvalue weighted by molar-refractivity contribution is -0.137. The molecule has 1 aromatic carbocycles. The first-order chi connectivity index (χ1) is 6.99.